The molecule has 8 heteroatoms. The van der Waals surface area contributed by atoms with E-state index in [0.717, 1.165) is 28.6 Å². The van der Waals surface area contributed by atoms with Crippen LogP contribution in [0.15, 0.2) is 60.8 Å². The first-order valence-corrected chi connectivity index (χ1v) is 9.11. The van der Waals surface area contributed by atoms with Crippen molar-refractivity contribution < 1.29 is 18.0 Å². The number of fused-ring (bicyclic) bond motifs is 1. The van der Waals surface area contributed by atoms with Gasteiger partial charge >= 0.3 is 6.18 Å². The van der Waals surface area contributed by atoms with Crippen LogP contribution in [0.2, 0.25) is 0 Å². The number of halogens is 3. The number of hydrogen-bond acceptors (Lipinski definition) is 3. The van der Waals surface area contributed by atoms with Gasteiger partial charge in [0.15, 0.2) is 0 Å². The molecule has 2 heterocycles. The molecule has 1 amide bonds. The van der Waals surface area contributed by atoms with Gasteiger partial charge in [-0.3, -0.25) is 9.48 Å². The lowest BCUT2D eigenvalue weighted by atomic mass is 10.1. The molecule has 30 heavy (non-hydrogen) atoms. The van der Waals surface area contributed by atoms with E-state index < -0.39 is 17.6 Å². The van der Waals surface area contributed by atoms with Crippen molar-refractivity contribution in [2.24, 2.45) is 7.05 Å². The molecule has 0 radical (unpaired) electrons. The summed E-state index contributed by atoms with van der Waals surface area (Å²) in [6.45, 7) is 1.75. The molecule has 5 nitrogen and oxygen atoms in total. The SMILES string of the molecule is Cc1ccc(-c2ccc3c(cnn3C)c2)nc1C(=O)Nc1ccc(C(F)(F)F)cc1. The van der Waals surface area contributed by atoms with Gasteiger partial charge in [0.1, 0.15) is 5.69 Å². The number of nitrogens with one attached hydrogen (secondary N) is 1. The second-order valence-electron chi connectivity index (χ2n) is 6.93. The van der Waals surface area contributed by atoms with E-state index in [0.29, 0.717) is 11.3 Å². The molecule has 0 fully saturated rings. The molecule has 0 saturated carbocycles. The third-order valence-corrected chi connectivity index (χ3v) is 4.82. The van der Waals surface area contributed by atoms with Gasteiger partial charge in [-0.25, -0.2) is 4.98 Å². The van der Waals surface area contributed by atoms with Gasteiger partial charge in [-0.15, -0.1) is 0 Å². The number of nitrogens with zero attached hydrogens (tertiary/aromatic N) is 3. The fourth-order valence-corrected chi connectivity index (χ4v) is 3.18. The summed E-state index contributed by atoms with van der Waals surface area (Å²) in [4.78, 5) is 17.2. The standard InChI is InChI=1S/C22H17F3N4O/c1-13-3-9-18(14-4-10-19-15(11-14)12-26-29(19)2)28-20(13)21(30)27-17-7-5-16(6-8-17)22(23,24)25/h3-12H,1-2H3,(H,27,30). The number of amides is 1. The van der Waals surface area contributed by atoms with Gasteiger partial charge in [-0.05, 0) is 55.0 Å². The first-order chi connectivity index (χ1) is 14.2. The molecule has 2 aromatic carbocycles. The van der Waals surface area contributed by atoms with E-state index >= 15 is 0 Å². The van der Waals surface area contributed by atoms with Crippen molar-refractivity contribution in [2.75, 3.05) is 5.32 Å². The Morgan fingerprint density at radius 3 is 2.47 bits per heavy atom. The van der Waals surface area contributed by atoms with Crippen molar-refractivity contribution in [3.8, 4) is 11.3 Å². The van der Waals surface area contributed by atoms with Crippen LogP contribution in [0.4, 0.5) is 18.9 Å². The molecular formula is C22H17F3N4O. The van der Waals surface area contributed by atoms with Crippen LogP contribution >= 0.6 is 0 Å². The van der Waals surface area contributed by atoms with E-state index in [1.165, 1.54) is 12.1 Å². The van der Waals surface area contributed by atoms with E-state index in [1.54, 1.807) is 23.9 Å². The number of alkyl halides is 3. The number of rotatable bonds is 3. The zero-order valence-corrected chi connectivity index (χ0v) is 16.2. The Labute approximate surface area is 170 Å². The van der Waals surface area contributed by atoms with Gasteiger partial charge < -0.3 is 5.32 Å². The van der Waals surface area contributed by atoms with Gasteiger partial charge in [0, 0.05) is 23.7 Å². The maximum atomic E-state index is 12.7. The molecule has 2 aromatic heterocycles. The van der Waals surface area contributed by atoms with Crippen molar-refractivity contribution in [3.05, 3.63) is 77.6 Å². The lowest BCUT2D eigenvalue weighted by Gasteiger charge is -2.11. The minimum absolute atomic E-state index is 0.207. The summed E-state index contributed by atoms with van der Waals surface area (Å²) in [5, 5.41) is 7.78. The summed E-state index contributed by atoms with van der Waals surface area (Å²) in [6, 6.07) is 13.7. The molecule has 0 aliphatic rings. The Bertz CT molecular complexity index is 1240. The molecule has 152 valence electrons. The van der Waals surface area contributed by atoms with Gasteiger partial charge in [0.25, 0.3) is 5.91 Å². The van der Waals surface area contributed by atoms with Crippen LogP contribution in [0, 0.1) is 6.92 Å². The van der Waals surface area contributed by atoms with Gasteiger partial charge in [0.2, 0.25) is 0 Å². The number of aromatic nitrogens is 3. The average molecular weight is 410 g/mol. The van der Waals surface area contributed by atoms with Crippen molar-refractivity contribution >= 4 is 22.5 Å². The highest BCUT2D eigenvalue weighted by atomic mass is 19.4. The molecule has 0 aliphatic carbocycles. The highest BCUT2D eigenvalue weighted by molar-refractivity contribution is 6.04. The first-order valence-electron chi connectivity index (χ1n) is 9.11. The average Bonchev–Trinajstić information content (AvgIpc) is 3.08. The molecule has 1 N–H and O–H groups in total. The minimum Gasteiger partial charge on any atom is -0.321 e. The Morgan fingerprint density at radius 2 is 1.77 bits per heavy atom. The fraction of sp³-hybridized carbons (Fsp3) is 0.136. The van der Waals surface area contributed by atoms with Crippen molar-refractivity contribution in [3.63, 3.8) is 0 Å². The van der Waals surface area contributed by atoms with Gasteiger partial charge in [-0.1, -0.05) is 12.1 Å². The maximum absolute atomic E-state index is 12.7. The lowest BCUT2D eigenvalue weighted by molar-refractivity contribution is -0.137. The van der Waals surface area contributed by atoms with Crippen molar-refractivity contribution in [2.45, 2.75) is 13.1 Å². The van der Waals surface area contributed by atoms with E-state index in [2.05, 4.69) is 15.4 Å². The topological polar surface area (TPSA) is 59.8 Å². The minimum atomic E-state index is -4.43. The summed E-state index contributed by atoms with van der Waals surface area (Å²) in [7, 11) is 1.86. The third-order valence-electron chi connectivity index (χ3n) is 4.82. The van der Waals surface area contributed by atoms with Gasteiger partial charge in [0.05, 0.1) is 23.0 Å². The second kappa shape index (κ2) is 7.29. The Morgan fingerprint density at radius 1 is 1.03 bits per heavy atom. The molecule has 0 atom stereocenters. The first kappa shape index (κ1) is 19.6. The van der Waals surface area contributed by atoms with Crippen LogP contribution < -0.4 is 5.32 Å². The van der Waals surface area contributed by atoms with E-state index in [4.69, 9.17) is 0 Å². The maximum Gasteiger partial charge on any atom is 0.416 e. The molecule has 0 aliphatic heterocycles. The molecule has 0 saturated heterocycles. The molecule has 4 rings (SSSR count). The summed E-state index contributed by atoms with van der Waals surface area (Å²) in [5.41, 5.74) is 2.78. The highest BCUT2D eigenvalue weighted by Gasteiger charge is 2.30. The molecule has 0 unspecified atom stereocenters. The van der Waals surface area contributed by atoms with Crippen LogP contribution in [-0.4, -0.2) is 20.7 Å². The van der Waals surface area contributed by atoms with Crippen LogP contribution in [0.25, 0.3) is 22.2 Å². The van der Waals surface area contributed by atoms with E-state index in [1.807, 2.05) is 31.3 Å². The largest absolute Gasteiger partial charge is 0.416 e. The van der Waals surface area contributed by atoms with E-state index in [-0.39, 0.29) is 11.4 Å². The Kier molecular flexibility index (Phi) is 4.77. The number of anilines is 1. The quantitative estimate of drug-likeness (QED) is 0.504. The lowest BCUT2D eigenvalue weighted by Crippen LogP contribution is -2.16. The number of aryl methyl sites for hydroxylation is 2. The molecule has 0 spiro atoms. The summed E-state index contributed by atoms with van der Waals surface area (Å²) in [6.07, 6.45) is -2.67. The molecule has 4 aromatic rings. The number of benzene rings is 2. The van der Waals surface area contributed by atoms with Crippen molar-refractivity contribution in [1.82, 2.24) is 14.8 Å². The summed E-state index contributed by atoms with van der Waals surface area (Å²) >= 11 is 0. The molecule has 0 bridgehead atoms. The predicted molar refractivity (Wildman–Crippen MR) is 108 cm³/mol. The monoisotopic (exact) mass is 410 g/mol. The van der Waals surface area contributed by atoms with E-state index in [9.17, 15) is 18.0 Å². The highest BCUT2D eigenvalue weighted by Crippen LogP contribution is 2.30. The summed E-state index contributed by atoms with van der Waals surface area (Å²) < 4.78 is 39.9. The van der Waals surface area contributed by atoms with Crippen LogP contribution in [0.5, 0.6) is 0 Å². The summed E-state index contributed by atoms with van der Waals surface area (Å²) in [5.74, 6) is -0.489. The van der Waals surface area contributed by atoms with Crippen LogP contribution in [0.3, 0.4) is 0 Å². The third kappa shape index (κ3) is 3.76. The Balaban J connectivity index is 1.61. The number of carbonyl (C=O) groups excluding carboxylic acids is 1. The second-order valence-corrected chi connectivity index (χ2v) is 6.93. The van der Waals surface area contributed by atoms with Crippen LogP contribution in [-0.2, 0) is 13.2 Å². The normalized spacial score (nSPS) is 11.6. The number of pyridine rings is 1. The fourth-order valence-electron chi connectivity index (χ4n) is 3.18. The smallest absolute Gasteiger partial charge is 0.321 e. The zero-order valence-electron chi connectivity index (χ0n) is 16.2. The Hall–Kier alpha value is -3.68. The molecular weight excluding hydrogens is 393 g/mol. The van der Waals surface area contributed by atoms with Gasteiger partial charge in [-0.2, -0.15) is 18.3 Å². The predicted octanol–water partition coefficient (Wildman–Crippen LogP) is 5.21. The zero-order chi connectivity index (χ0) is 21.5. The number of carbonyl (C=O) groups is 1. The van der Waals surface area contributed by atoms with Crippen LogP contribution in [0.1, 0.15) is 21.6 Å². The van der Waals surface area contributed by atoms with Crippen molar-refractivity contribution in [1.29, 1.82) is 0 Å². The number of hydrogen-bond donors (Lipinski definition) is 1.